The molecule has 3 atom stereocenters. The standard InChI is InChI=1S/C31H47N5O5/c1-31(2,3)18-27(37)33-12-14-36-22-28(38)32-11-9-25-20-34(19-23-7-5-4-6-8-23)13-10-24(25)17-29(39)35-15-16-41-26(21-35)30(36)40/h4-8,24-26H,9-22H2,1-3H3,(H,32,38)(H,33,37)/t24-,25-,26-/m0/s1. The van der Waals surface area contributed by atoms with Gasteiger partial charge in [0.1, 0.15) is 0 Å². The SMILES string of the molecule is CC(C)(C)CC(=O)NCCN1CC(=O)NCC[C@H]2CN(Cc3ccccc3)CC[C@H]2CC(=O)N2CCO[C@@H](C2)C1=O. The van der Waals surface area contributed by atoms with Crippen molar-refractivity contribution in [3.05, 3.63) is 35.9 Å². The average molecular weight is 570 g/mol. The van der Waals surface area contributed by atoms with Crippen LogP contribution in [0.1, 0.15) is 52.0 Å². The van der Waals surface area contributed by atoms with Gasteiger partial charge in [-0.1, -0.05) is 51.1 Å². The van der Waals surface area contributed by atoms with Gasteiger partial charge in [0.05, 0.1) is 19.7 Å². The largest absolute Gasteiger partial charge is 0.365 e. The fourth-order valence-corrected chi connectivity index (χ4v) is 6.09. The molecule has 3 heterocycles. The quantitative estimate of drug-likeness (QED) is 0.539. The lowest BCUT2D eigenvalue weighted by atomic mass is 9.80. The van der Waals surface area contributed by atoms with Crippen LogP contribution in [0.3, 0.4) is 0 Å². The van der Waals surface area contributed by atoms with Crippen LogP contribution in [0.15, 0.2) is 30.3 Å². The number of nitrogens with one attached hydrogen (secondary N) is 2. The molecular weight excluding hydrogens is 522 g/mol. The molecule has 3 saturated heterocycles. The van der Waals surface area contributed by atoms with E-state index in [2.05, 4.69) is 39.8 Å². The predicted octanol–water partition coefficient (Wildman–Crippen LogP) is 1.64. The molecule has 2 N–H and O–H groups in total. The van der Waals surface area contributed by atoms with Gasteiger partial charge in [-0.2, -0.15) is 0 Å². The van der Waals surface area contributed by atoms with Crippen molar-refractivity contribution in [2.75, 3.05) is 59.0 Å². The molecule has 10 heteroatoms. The second kappa shape index (κ2) is 14.3. The van der Waals surface area contributed by atoms with Crippen LogP contribution in [-0.4, -0.2) is 103 Å². The van der Waals surface area contributed by atoms with Gasteiger partial charge in [0, 0.05) is 52.1 Å². The van der Waals surface area contributed by atoms with E-state index in [9.17, 15) is 19.2 Å². The van der Waals surface area contributed by atoms with Crippen LogP contribution in [0, 0.1) is 17.3 Å². The first-order chi connectivity index (χ1) is 19.6. The maximum atomic E-state index is 13.5. The summed E-state index contributed by atoms with van der Waals surface area (Å²) in [6, 6.07) is 10.4. The van der Waals surface area contributed by atoms with E-state index >= 15 is 0 Å². The minimum atomic E-state index is -0.822. The van der Waals surface area contributed by atoms with Gasteiger partial charge in [0.2, 0.25) is 17.7 Å². The summed E-state index contributed by atoms with van der Waals surface area (Å²) < 4.78 is 5.79. The van der Waals surface area contributed by atoms with Crippen molar-refractivity contribution in [2.24, 2.45) is 17.3 Å². The van der Waals surface area contributed by atoms with E-state index in [1.54, 1.807) is 4.90 Å². The highest BCUT2D eigenvalue weighted by Gasteiger charge is 2.36. The summed E-state index contributed by atoms with van der Waals surface area (Å²) in [5.41, 5.74) is 1.13. The van der Waals surface area contributed by atoms with Gasteiger partial charge in [-0.15, -0.1) is 0 Å². The number of carbonyl (C=O) groups is 4. The maximum absolute atomic E-state index is 13.5. The van der Waals surface area contributed by atoms with Crippen LogP contribution in [0.25, 0.3) is 0 Å². The summed E-state index contributed by atoms with van der Waals surface area (Å²) in [5, 5.41) is 5.87. The highest BCUT2D eigenvalue weighted by molar-refractivity contribution is 5.88. The summed E-state index contributed by atoms with van der Waals surface area (Å²) in [4.78, 5) is 57.8. The van der Waals surface area contributed by atoms with Crippen LogP contribution in [-0.2, 0) is 30.5 Å². The van der Waals surface area contributed by atoms with Crippen LogP contribution in [0.4, 0.5) is 0 Å². The Labute approximate surface area is 244 Å². The van der Waals surface area contributed by atoms with Crippen LogP contribution < -0.4 is 10.6 Å². The second-order valence-corrected chi connectivity index (χ2v) is 12.9. The lowest BCUT2D eigenvalue weighted by Gasteiger charge is -2.40. The number of likely N-dealkylation sites (tertiary alicyclic amines) is 1. The van der Waals surface area contributed by atoms with Gasteiger partial charge in [-0.3, -0.25) is 24.1 Å². The number of amides is 4. The van der Waals surface area contributed by atoms with Crippen molar-refractivity contribution < 1.29 is 23.9 Å². The van der Waals surface area contributed by atoms with E-state index in [4.69, 9.17) is 4.74 Å². The number of carbonyl (C=O) groups excluding carboxylic acids is 4. The predicted molar refractivity (Wildman–Crippen MR) is 156 cm³/mol. The summed E-state index contributed by atoms with van der Waals surface area (Å²) in [6.45, 7) is 10.4. The number of morpholine rings is 1. The zero-order valence-electron chi connectivity index (χ0n) is 24.9. The third-order valence-electron chi connectivity index (χ3n) is 8.23. The first-order valence-corrected chi connectivity index (χ1v) is 15.1. The lowest BCUT2D eigenvalue weighted by molar-refractivity contribution is -0.156. The fraction of sp³-hybridized carbons (Fsp3) is 0.677. The Morgan fingerprint density at radius 2 is 1.83 bits per heavy atom. The smallest absolute Gasteiger partial charge is 0.254 e. The van der Waals surface area contributed by atoms with Crippen molar-refractivity contribution >= 4 is 23.6 Å². The highest BCUT2D eigenvalue weighted by atomic mass is 16.5. The fourth-order valence-electron chi connectivity index (χ4n) is 6.09. The molecule has 3 aliphatic heterocycles. The number of ether oxygens (including phenoxy) is 1. The summed E-state index contributed by atoms with van der Waals surface area (Å²) in [7, 11) is 0. The van der Waals surface area contributed by atoms with Gasteiger partial charge in [-0.25, -0.2) is 0 Å². The van der Waals surface area contributed by atoms with Crippen molar-refractivity contribution in [1.29, 1.82) is 0 Å². The van der Waals surface area contributed by atoms with Crippen molar-refractivity contribution in [3.63, 3.8) is 0 Å². The van der Waals surface area contributed by atoms with E-state index in [1.165, 1.54) is 10.5 Å². The van der Waals surface area contributed by atoms with Gasteiger partial charge in [0.15, 0.2) is 6.10 Å². The van der Waals surface area contributed by atoms with E-state index in [-0.39, 0.29) is 73.7 Å². The minimum Gasteiger partial charge on any atom is -0.365 e. The Hall–Kier alpha value is -2.98. The van der Waals surface area contributed by atoms with Gasteiger partial charge in [-0.05, 0) is 42.2 Å². The van der Waals surface area contributed by atoms with E-state index in [0.29, 0.717) is 25.9 Å². The molecule has 3 aliphatic rings. The first-order valence-electron chi connectivity index (χ1n) is 15.1. The Morgan fingerprint density at radius 1 is 1.05 bits per heavy atom. The minimum absolute atomic E-state index is 0.0692. The summed E-state index contributed by atoms with van der Waals surface area (Å²) in [6.07, 6.45) is 1.70. The number of rotatable bonds is 6. The van der Waals surface area contributed by atoms with Crippen LogP contribution in [0.5, 0.6) is 0 Å². The number of hydrogen-bond acceptors (Lipinski definition) is 6. The Balaban J connectivity index is 1.42. The molecule has 4 amide bonds. The van der Waals surface area contributed by atoms with Gasteiger partial charge >= 0.3 is 0 Å². The monoisotopic (exact) mass is 569 g/mol. The number of fused-ring (bicyclic) bond motifs is 3. The normalized spacial score (nSPS) is 25.2. The number of nitrogens with zero attached hydrogens (tertiary/aromatic N) is 3. The topological polar surface area (TPSA) is 111 Å². The maximum Gasteiger partial charge on any atom is 0.254 e. The van der Waals surface area contributed by atoms with E-state index < -0.39 is 6.10 Å². The first kappa shape index (κ1) is 31.0. The molecule has 0 spiro atoms. The molecule has 3 fully saturated rings. The number of hydrogen-bond donors (Lipinski definition) is 2. The zero-order valence-corrected chi connectivity index (χ0v) is 24.9. The van der Waals surface area contributed by atoms with Gasteiger partial charge in [0.25, 0.3) is 5.91 Å². The molecule has 2 bridgehead atoms. The van der Waals surface area contributed by atoms with Crippen LogP contribution in [0.2, 0.25) is 0 Å². The molecule has 1 aromatic rings. The van der Waals surface area contributed by atoms with E-state index in [0.717, 1.165) is 32.5 Å². The molecular formula is C31H47N5O5. The molecule has 41 heavy (non-hydrogen) atoms. The van der Waals surface area contributed by atoms with Crippen LogP contribution >= 0.6 is 0 Å². The third kappa shape index (κ3) is 9.53. The molecule has 226 valence electrons. The molecule has 0 radical (unpaired) electrons. The molecule has 1 aromatic carbocycles. The molecule has 0 unspecified atom stereocenters. The summed E-state index contributed by atoms with van der Waals surface area (Å²) >= 11 is 0. The highest BCUT2D eigenvalue weighted by Crippen LogP contribution is 2.31. The van der Waals surface area contributed by atoms with Crippen molar-refractivity contribution in [2.45, 2.75) is 59.1 Å². The molecule has 0 aliphatic carbocycles. The van der Waals surface area contributed by atoms with Gasteiger partial charge < -0.3 is 25.2 Å². The van der Waals surface area contributed by atoms with Crippen molar-refractivity contribution in [1.82, 2.24) is 25.3 Å². The summed E-state index contributed by atoms with van der Waals surface area (Å²) in [5.74, 6) is -0.0578. The molecule has 0 aromatic heterocycles. The van der Waals surface area contributed by atoms with E-state index in [1.807, 2.05) is 26.8 Å². The van der Waals surface area contributed by atoms with Crippen molar-refractivity contribution in [3.8, 4) is 0 Å². The third-order valence-corrected chi connectivity index (χ3v) is 8.23. The zero-order chi connectivity index (χ0) is 29.4. The average Bonchev–Trinajstić information content (AvgIpc) is 2.92. The molecule has 10 nitrogen and oxygen atoms in total. The second-order valence-electron chi connectivity index (χ2n) is 12.9. The Bertz CT molecular complexity index is 1060. The Morgan fingerprint density at radius 3 is 2.59 bits per heavy atom. The number of piperidine rings is 1. The number of benzene rings is 1. The molecule has 0 saturated carbocycles. The lowest BCUT2D eigenvalue weighted by Crippen LogP contribution is -2.55. The Kier molecular flexibility index (Phi) is 10.8. The molecule has 4 rings (SSSR count).